The van der Waals surface area contributed by atoms with Crippen molar-refractivity contribution in [2.45, 2.75) is 38.6 Å². The predicted octanol–water partition coefficient (Wildman–Crippen LogP) is 1.96. The van der Waals surface area contributed by atoms with Gasteiger partial charge >= 0.3 is 6.03 Å². The number of carbonyl (C=O) groups is 3. The van der Waals surface area contributed by atoms with Crippen LogP contribution >= 0.6 is 0 Å². The minimum Gasteiger partial charge on any atom is -0.372 e. The van der Waals surface area contributed by atoms with E-state index in [0.29, 0.717) is 13.0 Å². The largest absolute Gasteiger partial charge is 0.372 e. The second-order valence-corrected chi connectivity index (χ2v) is 7.30. The number of nitrogens with one attached hydrogen (secondary N) is 1. The molecular formula is C19H24N4O3. The van der Waals surface area contributed by atoms with E-state index >= 15 is 0 Å². The van der Waals surface area contributed by atoms with Crippen molar-refractivity contribution in [1.82, 2.24) is 9.80 Å². The first kappa shape index (κ1) is 16.9. The van der Waals surface area contributed by atoms with Crippen molar-refractivity contribution < 1.29 is 14.4 Å². The van der Waals surface area contributed by atoms with Gasteiger partial charge in [0.15, 0.2) is 0 Å². The molecule has 1 atom stereocenters. The van der Waals surface area contributed by atoms with Crippen LogP contribution in [0.15, 0.2) is 18.2 Å². The Hall–Kier alpha value is -2.57. The molecule has 0 aromatic heterocycles. The van der Waals surface area contributed by atoms with E-state index in [2.05, 4.69) is 16.3 Å². The molecule has 4 amide bonds. The van der Waals surface area contributed by atoms with Crippen LogP contribution in [-0.2, 0) is 9.59 Å². The molecule has 3 aliphatic heterocycles. The highest BCUT2D eigenvalue weighted by molar-refractivity contribution is 6.08. The van der Waals surface area contributed by atoms with Crippen LogP contribution in [-0.4, -0.2) is 59.9 Å². The Morgan fingerprint density at radius 1 is 1.15 bits per heavy atom. The van der Waals surface area contributed by atoms with Crippen molar-refractivity contribution in [2.75, 3.05) is 36.4 Å². The van der Waals surface area contributed by atoms with Gasteiger partial charge in [-0.25, -0.2) is 4.79 Å². The topological polar surface area (TPSA) is 73.0 Å². The SMILES string of the molecule is Cc1cc(N2CCCC2)ccc1NC(=O)CN1C(=O)[C@H]2CCCN2C1=O. The number of aryl methyl sites for hydroxylation is 1. The van der Waals surface area contributed by atoms with Crippen LogP contribution in [0.2, 0.25) is 0 Å². The van der Waals surface area contributed by atoms with Gasteiger partial charge in [-0.15, -0.1) is 0 Å². The smallest absolute Gasteiger partial charge is 0.327 e. The predicted molar refractivity (Wildman–Crippen MR) is 98.1 cm³/mol. The second kappa shape index (κ2) is 6.63. The highest BCUT2D eigenvalue weighted by Gasteiger charge is 2.47. The Morgan fingerprint density at radius 2 is 1.92 bits per heavy atom. The number of rotatable bonds is 4. The summed E-state index contributed by atoms with van der Waals surface area (Å²) in [5, 5.41) is 2.84. The van der Waals surface area contributed by atoms with E-state index in [1.165, 1.54) is 18.5 Å². The Morgan fingerprint density at radius 3 is 2.62 bits per heavy atom. The molecule has 3 heterocycles. The summed E-state index contributed by atoms with van der Waals surface area (Å²) in [7, 11) is 0. The molecule has 0 aliphatic carbocycles. The molecule has 7 heteroatoms. The van der Waals surface area contributed by atoms with Crippen molar-refractivity contribution in [3.63, 3.8) is 0 Å². The molecule has 138 valence electrons. The zero-order valence-electron chi connectivity index (χ0n) is 15.0. The van der Waals surface area contributed by atoms with Gasteiger partial charge in [-0.1, -0.05) is 0 Å². The molecule has 0 saturated carbocycles. The fourth-order valence-corrected chi connectivity index (χ4v) is 4.12. The van der Waals surface area contributed by atoms with Crippen LogP contribution in [0, 0.1) is 6.92 Å². The maximum absolute atomic E-state index is 12.4. The molecule has 1 aromatic rings. The van der Waals surface area contributed by atoms with Crippen molar-refractivity contribution in [3.05, 3.63) is 23.8 Å². The minimum absolute atomic E-state index is 0.224. The zero-order chi connectivity index (χ0) is 18.3. The third-order valence-electron chi connectivity index (χ3n) is 5.54. The van der Waals surface area contributed by atoms with Gasteiger partial charge < -0.3 is 15.1 Å². The average molecular weight is 356 g/mol. The number of urea groups is 1. The number of benzene rings is 1. The van der Waals surface area contributed by atoms with Gasteiger partial charge in [-0.2, -0.15) is 0 Å². The molecule has 7 nitrogen and oxygen atoms in total. The Bertz CT molecular complexity index is 735. The van der Waals surface area contributed by atoms with E-state index in [9.17, 15) is 14.4 Å². The van der Waals surface area contributed by atoms with E-state index in [0.717, 1.165) is 35.7 Å². The molecule has 0 spiro atoms. The molecule has 3 aliphatic rings. The summed E-state index contributed by atoms with van der Waals surface area (Å²) in [5.41, 5.74) is 2.86. The molecule has 1 N–H and O–H groups in total. The maximum atomic E-state index is 12.4. The first-order valence-electron chi connectivity index (χ1n) is 9.32. The number of amides is 4. The summed E-state index contributed by atoms with van der Waals surface area (Å²) in [6.07, 6.45) is 3.98. The lowest BCUT2D eigenvalue weighted by atomic mass is 10.1. The second-order valence-electron chi connectivity index (χ2n) is 7.30. The van der Waals surface area contributed by atoms with Crippen LogP contribution in [0.3, 0.4) is 0 Å². The van der Waals surface area contributed by atoms with Gasteiger partial charge in [0.25, 0.3) is 5.91 Å². The van der Waals surface area contributed by atoms with Crippen LogP contribution in [0.1, 0.15) is 31.2 Å². The van der Waals surface area contributed by atoms with Crippen LogP contribution in [0.5, 0.6) is 0 Å². The normalized spacial score (nSPS) is 22.3. The fourth-order valence-electron chi connectivity index (χ4n) is 4.12. The highest BCUT2D eigenvalue weighted by Crippen LogP contribution is 2.28. The number of fused-ring (bicyclic) bond motifs is 1. The summed E-state index contributed by atoms with van der Waals surface area (Å²) < 4.78 is 0. The van der Waals surface area contributed by atoms with E-state index in [1.807, 2.05) is 19.1 Å². The molecule has 4 rings (SSSR count). The summed E-state index contributed by atoms with van der Waals surface area (Å²) in [5.74, 6) is -0.589. The number of hydrogen-bond donors (Lipinski definition) is 1. The number of anilines is 2. The summed E-state index contributed by atoms with van der Waals surface area (Å²) in [4.78, 5) is 42.0. The van der Waals surface area contributed by atoms with Gasteiger partial charge in [0.05, 0.1) is 0 Å². The number of hydrogen-bond acceptors (Lipinski definition) is 4. The quantitative estimate of drug-likeness (QED) is 0.837. The summed E-state index contributed by atoms with van der Waals surface area (Å²) in [6.45, 7) is 4.48. The van der Waals surface area contributed by atoms with Crippen molar-refractivity contribution in [1.29, 1.82) is 0 Å². The molecule has 1 aromatic carbocycles. The molecule has 3 saturated heterocycles. The number of carbonyl (C=O) groups excluding carboxylic acids is 3. The molecular weight excluding hydrogens is 332 g/mol. The summed E-state index contributed by atoms with van der Waals surface area (Å²) in [6, 6.07) is 5.28. The van der Waals surface area contributed by atoms with Crippen LogP contribution in [0.4, 0.5) is 16.2 Å². The van der Waals surface area contributed by atoms with Gasteiger partial charge in [-0.3, -0.25) is 14.5 Å². The Kier molecular flexibility index (Phi) is 4.30. The highest BCUT2D eigenvalue weighted by atomic mass is 16.2. The first-order chi connectivity index (χ1) is 12.5. The van der Waals surface area contributed by atoms with Gasteiger partial charge in [-0.05, 0) is 56.4 Å². The van der Waals surface area contributed by atoms with Crippen LogP contribution < -0.4 is 10.2 Å². The zero-order valence-corrected chi connectivity index (χ0v) is 15.0. The number of nitrogens with zero attached hydrogens (tertiary/aromatic N) is 3. The van der Waals surface area contributed by atoms with E-state index in [1.54, 1.807) is 4.90 Å². The minimum atomic E-state index is -0.364. The van der Waals surface area contributed by atoms with Crippen molar-refractivity contribution in [2.24, 2.45) is 0 Å². The molecule has 0 unspecified atom stereocenters. The summed E-state index contributed by atoms with van der Waals surface area (Å²) >= 11 is 0. The Labute approximate surface area is 152 Å². The lowest BCUT2D eigenvalue weighted by molar-refractivity contribution is -0.131. The molecule has 26 heavy (non-hydrogen) atoms. The van der Waals surface area contributed by atoms with E-state index < -0.39 is 0 Å². The van der Waals surface area contributed by atoms with Gasteiger partial charge in [0, 0.05) is 31.0 Å². The standard InChI is InChI=1S/C19H24N4O3/c1-13-11-14(21-8-2-3-9-21)6-7-15(13)20-17(24)12-23-18(25)16-5-4-10-22(16)19(23)26/h6-7,11,16H,2-5,8-10,12H2,1H3,(H,20,24)/t16-/m1/s1. The Balaban J connectivity index is 1.40. The molecule has 0 bridgehead atoms. The lowest BCUT2D eigenvalue weighted by Gasteiger charge is -2.20. The van der Waals surface area contributed by atoms with Crippen molar-refractivity contribution >= 4 is 29.2 Å². The monoisotopic (exact) mass is 356 g/mol. The van der Waals surface area contributed by atoms with Gasteiger partial charge in [0.1, 0.15) is 12.6 Å². The van der Waals surface area contributed by atoms with E-state index in [4.69, 9.17) is 0 Å². The third kappa shape index (κ3) is 2.91. The van der Waals surface area contributed by atoms with E-state index in [-0.39, 0.29) is 30.4 Å². The molecule has 3 fully saturated rings. The third-order valence-corrected chi connectivity index (χ3v) is 5.54. The first-order valence-corrected chi connectivity index (χ1v) is 9.32. The molecule has 0 radical (unpaired) electrons. The lowest BCUT2D eigenvalue weighted by Crippen LogP contribution is -2.39. The van der Waals surface area contributed by atoms with Crippen LogP contribution in [0.25, 0.3) is 0 Å². The van der Waals surface area contributed by atoms with Gasteiger partial charge in [0.2, 0.25) is 5.91 Å². The average Bonchev–Trinajstić information content (AvgIpc) is 3.34. The fraction of sp³-hybridized carbons (Fsp3) is 0.526. The van der Waals surface area contributed by atoms with Crippen molar-refractivity contribution in [3.8, 4) is 0 Å². The maximum Gasteiger partial charge on any atom is 0.327 e. The number of imide groups is 1.